The second-order valence-corrected chi connectivity index (χ2v) is 5.97. The predicted molar refractivity (Wildman–Crippen MR) is 83.2 cm³/mol. The molecule has 2 aromatic rings. The fourth-order valence-electron chi connectivity index (χ4n) is 3.43. The van der Waals surface area contributed by atoms with Crippen LogP contribution in [0.2, 0.25) is 0 Å². The average Bonchev–Trinajstić information content (AvgIpc) is 3.19. The zero-order chi connectivity index (χ0) is 15.1. The minimum absolute atomic E-state index is 0.0777. The van der Waals surface area contributed by atoms with E-state index in [1.807, 2.05) is 16.7 Å². The molecule has 5 nitrogen and oxygen atoms in total. The maximum Gasteiger partial charge on any atom is 0.256 e. The lowest BCUT2D eigenvalue weighted by molar-refractivity contribution is 0.0856. The monoisotopic (exact) mass is 298 g/mol. The Labute approximate surface area is 127 Å². The van der Waals surface area contributed by atoms with Crippen molar-refractivity contribution >= 4 is 16.8 Å². The molecule has 5 heteroatoms. The molecule has 1 fully saturated rings. The van der Waals surface area contributed by atoms with Crippen LogP contribution < -0.4 is 10.7 Å². The molecular formula is C17H18N2O3. The molecule has 1 N–H and O–H groups in total. The van der Waals surface area contributed by atoms with Gasteiger partial charge < -0.3 is 14.6 Å². The van der Waals surface area contributed by atoms with Crippen molar-refractivity contribution in [3.05, 3.63) is 45.7 Å². The van der Waals surface area contributed by atoms with Crippen LogP contribution in [0, 0.1) is 0 Å². The number of carbonyl (C=O) groups excluding carboxylic acids is 1. The Hall–Kier alpha value is -2.14. The SMILES string of the molecule is O=C(NC[C@H]1CCCO1)c1cn2c3c(cccc3c1=O)CC2. The van der Waals surface area contributed by atoms with Crippen LogP contribution in [0.1, 0.15) is 28.8 Å². The summed E-state index contributed by atoms with van der Waals surface area (Å²) in [5, 5.41) is 3.48. The van der Waals surface area contributed by atoms with Crippen molar-refractivity contribution in [3.8, 4) is 0 Å². The van der Waals surface area contributed by atoms with Crippen molar-refractivity contribution in [2.75, 3.05) is 13.2 Å². The topological polar surface area (TPSA) is 60.3 Å². The molecule has 0 aliphatic carbocycles. The Kier molecular flexibility index (Phi) is 3.22. The smallest absolute Gasteiger partial charge is 0.256 e. The minimum Gasteiger partial charge on any atom is -0.376 e. The van der Waals surface area contributed by atoms with Crippen molar-refractivity contribution in [1.82, 2.24) is 9.88 Å². The molecule has 2 aliphatic rings. The molecule has 1 saturated heterocycles. The number of aromatic nitrogens is 1. The van der Waals surface area contributed by atoms with Crippen LogP contribution in [0.4, 0.5) is 0 Å². The third kappa shape index (κ3) is 2.13. The minimum atomic E-state index is -0.302. The van der Waals surface area contributed by atoms with Crippen molar-refractivity contribution in [3.63, 3.8) is 0 Å². The molecule has 0 unspecified atom stereocenters. The Bertz CT molecular complexity index is 803. The largest absolute Gasteiger partial charge is 0.376 e. The van der Waals surface area contributed by atoms with E-state index in [0.29, 0.717) is 11.9 Å². The zero-order valence-electron chi connectivity index (χ0n) is 12.3. The van der Waals surface area contributed by atoms with Gasteiger partial charge in [0.1, 0.15) is 5.56 Å². The number of benzene rings is 1. The summed E-state index contributed by atoms with van der Waals surface area (Å²) in [6, 6.07) is 5.74. The molecule has 0 saturated carbocycles. The number of hydrogen-bond donors (Lipinski definition) is 1. The van der Waals surface area contributed by atoms with Crippen molar-refractivity contribution in [2.24, 2.45) is 0 Å². The summed E-state index contributed by atoms with van der Waals surface area (Å²) in [6.07, 6.45) is 4.69. The van der Waals surface area contributed by atoms with Gasteiger partial charge in [0.25, 0.3) is 5.91 Å². The number of nitrogens with zero attached hydrogens (tertiary/aromatic N) is 1. The predicted octanol–water partition coefficient (Wildman–Crippen LogP) is 1.47. The molecule has 4 rings (SSSR count). The summed E-state index contributed by atoms with van der Waals surface area (Å²) in [6.45, 7) is 2.05. The van der Waals surface area contributed by atoms with Crippen LogP contribution in [-0.2, 0) is 17.7 Å². The lowest BCUT2D eigenvalue weighted by Gasteiger charge is -2.12. The fourth-order valence-corrected chi connectivity index (χ4v) is 3.43. The van der Waals surface area contributed by atoms with Gasteiger partial charge in [-0.15, -0.1) is 0 Å². The summed E-state index contributed by atoms with van der Waals surface area (Å²) >= 11 is 0. The maximum absolute atomic E-state index is 12.6. The zero-order valence-corrected chi connectivity index (χ0v) is 12.3. The molecule has 0 radical (unpaired) electrons. The first-order chi connectivity index (χ1) is 10.7. The highest BCUT2D eigenvalue weighted by Gasteiger charge is 2.21. The third-order valence-electron chi connectivity index (χ3n) is 4.56. The summed E-state index contributed by atoms with van der Waals surface area (Å²) in [4.78, 5) is 25.0. The normalized spacial score (nSPS) is 19.7. The van der Waals surface area contributed by atoms with Gasteiger partial charge in [0.05, 0.1) is 11.6 Å². The van der Waals surface area contributed by atoms with Crippen molar-refractivity contribution in [2.45, 2.75) is 31.9 Å². The van der Waals surface area contributed by atoms with Gasteiger partial charge in [-0.2, -0.15) is 0 Å². The van der Waals surface area contributed by atoms with Crippen LogP contribution in [0.3, 0.4) is 0 Å². The number of pyridine rings is 1. The number of amides is 1. The van der Waals surface area contributed by atoms with E-state index in [1.165, 1.54) is 5.56 Å². The number of ether oxygens (including phenoxy) is 1. The van der Waals surface area contributed by atoms with Crippen LogP contribution in [-0.4, -0.2) is 29.7 Å². The van der Waals surface area contributed by atoms with E-state index in [9.17, 15) is 9.59 Å². The Morgan fingerprint density at radius 2 is 2.32 bits per heavy atom. The maximum atomic E-state index is 12.6. The summed E-state index contributed by atoms with van der Waals surface area (Å²) < 4.78 is 7.52. The van der Waals surface area contributed by atoms with E-state index < -0.39 is 0 Å². The molecule has 3 heterocycles. The first-order valence-electron chi connectivity index (χ1n) is 7.79. The van der Waals surface area contributed by atoms with Gasteiger partial charge in [-0.25, -0.2) is 0 Å². The number of aryl methyl sites for hydroxylation is 2. The number of hydrogen-bond acceptors (Lipinski definition) is 3. The highest BCUT2D eigenvalue weighted by atomic mass is 16.5. The Balaban J connectivity index is 1.66. The second kappa shape index (κ2) is 5.25. The number of para-hydroxylation sites is 1. The van der Waals surface area contributed by atoms with E-state index in [2.05, 4.69) is 5.32 Å². The van der Waals surface area contributed by atoms with Gasteiger partial charge in [0.2, 0.25) is 5.43 Å². The van der Waals surface area contributed by atoms with Crippen molar-refractivity contribution < 1.29 is 9.53 Å². The van der Waals surface area contributed by atoms with Crippen LogP contribution in [0.15, 0.2) is 29.2 Å². The third-order valence-corrected chi connectivity index (χ3v) is 4.56. The first kappa shape index (κ1) is 13.5. The van der Waals surface area contributed by atoms with E-state index in [4.69, 9.17) is 4.74 Å². The average molecular weight is 298 g/mol. The molecule has 1 aromatic carbocycles. The standard InChI is InChI=1S/C17H18N2O3/c20-16-13-5-1-3-11-6-7-19(15(11)13)10-14(16)17(21)18-9-12-4-2-8-22-12/h1,3,5,10,12H,2,4,6-9H2,(H,18,21)/t12-/m1/s1. The number of rotatable bonds is 3. The summed E-state index contributed by atoms with van der Waals surface area (Å²) in [5.74, 6) is -0.302. The van der Waals surface area contributed by atoms with E-state index in [0.717, 1.165) is 37.9 Å². The van der Waals surface area contributed by atoms with Crippen LogP contribution >= 0.6 is 0 Å². The molecule has 1 amide bonds. The lowest BCUT2D eigenvalue weighted by atomic mass is 10.1. The van der Waals surface area contributed by atoms with Crippen LogP contribution in [0.25, 0.3) is 10.9 Å². The van der Waals surface area contributed by atoms with E-state index in [1.54, 1.807) is 12.3 Å². The Morgan fingerprint density at radius 3 is 3.14 bits per heavy atom. The highest BCUT2D eigenvalue weighted by molar-refractivity contribution is 5.98. The first-order valence-corrected chi connectivity index (χ1v) is 7.79. The van der Waals surface area contributed by atoms with Gasteiger partial charge in [0.15, 0.2) is 0 Å². The van der Waals surface area contributed by atoms with Gasteiger partial charge in [0, 0.05) is 31.3 Å². The second-order valence-electron chi connectivity index (χ2n) is 5.97. The summed E-state index contributed by atoms with van der Waals surface area (Å²) in [7, 11) is 0. The fraction of sp³-hybridized carbons (Fsp3) is 0.412. The molecule has 22 heavy (non-hydrogen) atoms. The molecule has 2 aliphatic heterocycles. The van der Waals surface area contributed by atoms with Crippen LogP contribution in [0.5, 0.6) is 0 Å². The van der Waals surface area contributed by atoms with Gasteiger partial charge in [-0.05, 0) is 30.9 Å². The molecule has 1 aromatic heterocycles. The molecule has 0 spiro atoms. The lowest BCUT2D eigenvalue weighted by Crippen LogP contribution is -2.35. The van der Waals surface area contributed by atoms with Gasteiger partial charge in [-0.3, -0.25) is 9.59 Å². The molecular weight excluding hydrogens is 280 g/mol. The molecule has 1 atom stereocenters. The van der Waals surface area contributed by atoms with Gasteiger partial charge in [-0.1, -0.05) is 12.1 Å². The molecule has 114 valence electrons. The molecule has 0 bridgehead atoms. The number of carbonyl (C=O) groups is 1. The summed E-state index contributed by atoms with van der Waals surface area (Å²) in [5.41, 5.74) is 2.20. The quantitative estimate of drug-likeness (QED) is 0.933. The van der Waals surface area contributed by atoms with E-state index in [-0.39, 0.29) is 23.0 Å². The van der Waals surface area contributed by atoms with Gasteiger partial charge >= 0.3 is 0 Å². The highest BCUT2D eigenvalue weighted by Crippen LogP contribution is 2.23. The van der Waals surface area contributed by atoms with Crippen molar-refractivity contribution in [1.29, 1.82) is 0 Å². The number of nitrogens with one attached hydrogen (secondary N) is 1. The Morgan fingerprint density at radius 1 is 1.41 bits per heavy atom. The van der Waals surface area contributed by atoms with E-state index >= 15 is 0 Å².